The number of carbonyl (C=O) groups is 3. The first kappa shape index (κ1) is 17.8. The van der Waals surface area contributed by atoms with E-state index in [9.17, 15) is 22.8 Å². The summed E-state index contributed by atoms with van der Waals surface area (Å²) in [6.45, 7) is 4.20. The van der Waals surface area contributed by atoms with E-state index >= 15 is 0 Å². The maximum Gasteiger partial charge on any atom is 0.344 e. The Bertz CT molecular complexity index is 713. The molecule has 3 aliphatic rings. The van der Waals surface area contributed by atoms with E-state index < -0.39 is 64.2 Å². The van der Waals surface area contributed by atoms with Gasteiger partial charge in [0, 0.05) is 5.57 Å². The van der Waals surface area contributed by atoms with Crippen LogP contribution in [0.25, 0.3) is 0 Å². The molecule has 10 nitrogen and oxygen atoms in total. The summed E-state index contributed by atoms with van der Waals surface area (Å²) >= 11 is 0. The van der Waals surface area contributed by atoms with Gasteiger partial charge < -0.3 is 18.9 Å². The highest BCUT2D eigenvalue weighted by molar-refractivity contribution is 7.87. The summed E-state index contributed by atoms with van der Waals surface area (Å²) < 4.78 is 49.5. The van der Waals surface area contributed by atoms with Gasteiger partial charge in [0.25, 0.3) is 16.6 Å². The zero-order valence-corrected chi connectivity index (χ0v) is 14.0. The highest BCUT2D eigenvalue weighted by Crippen LogP contribution is 2.51. The molecule has 3 rings (SSSR count). The number of rotatable bonds is 7. The average molecular weight is 376 g/mol. The zero-order chi connectivity index (χ0) is 18.4. The van der Waals surface area contributed by atoms with E-state index in [-0.39, 0.29) is 18.7 Å². The summed E-state index contributed by atoms with van der Waals surface area (Å²) in [5.41, 5.74) is 0.108. The van der Waals surface area contributed by atoms with Crippen LogP contribution in [0.2, 0.25) is 0 Å². The molecule has 0 aromatic carbocycles. The molecule has 3 heterocycles. The SMILES string of the molecule is C=C(C)C(=O)OCC(=O)OC1C2OC3C(OS(=O)(=O)C13)C2COC=O. The van der Waals surface area contributed by atoms with Crippen molar-refractivity contribution in [3.05, 3.63) is 12.2 Å². The summed E-state index contributed by atoms with van der Waals surface area (Å²) in [6.07, 6.45) is -3.51. The van der Waals surface area contributed by atoms with E-state index in [4.69, 9.17) is 18.4 Å². The second-order valence-corrected chi connectivity index (χ2v) is 7.71. The van der Waals surface area contributed by atoms with Crippen molar-refractivity contribution < 1.29 is 45.9 Å². The van der Waals surface area contributed by atoms with Crippen molar-refractivity contribution in [1.29, 1.82) is 0 Å². The zero-order valence-electron chi connectivity index (χ0n) is 13.2. The van der Waals surface area contributed by atoms with Crippen LogP contribution in [0.15, 0.2) is 12.2 Å². The molecule has 3 saturated heterocycles. The molecule has 25 heavy (non-hydrogen) atoms. The Morgan fingerprint density at radius 3 is 2.60 bits per heavy atom. The van der Waals surface area contributed by atoms with Crippen LogP contribution in [0.3, 0.4) is 0 Å². The van der Waals surface area contributed by atoms with Crippen LogP contribution >= 0.6 is 0 Å². The largest absolute Gasteiger partial charge is 0.467 e. The lowest BCUT2D eigenvalue weighted by atomic mass is 9.85. The molecule has 0 amide bonds. The Hall–Kier alpha value is -1.98. The number of ether oxygens (including phenoxy) is 4. The van der Waals surface area contributed by atoms with E-state index in [2.05, 4.69) is 11.3 Å². The van der Waals surface area contributed by atoms with Gasteiger partial charge in [-0.1, -0.05) is 6.58 Å². The van der Waals surface area contributed by atoms with Crippen LogP contribution in [-0.2, 0) is 47.6 Å². The van der Waals surface area contributed by atoms with Crippen molar-refractivity contribution in [2.24, 2.45) is 5.92 Å². The normalized spacial score (nSPS) is 36.7. The fourth-order valence-electron chi connectivity index (χ4n) is 3.33. The van der Waals surface area contributed by atoms with Gasteiger partial charge in [-0.3, -0.25) is 8.98 Å². The monoisotopic (exact) mass is 376 g/mol. The van der Waals surface area contributed by atoms with Crippen molar-refractivity contribution in [2.45, 2.75) is 36.6 Å². The molecule has 0 aliphatic carbocycles. The minimum atomic E-state index is -4.00. The summed E-state index contributed by atoms with van der Waals surface area (Å²) in [5.74, 6) is -2.28. The fraction of sp³-hybridized carbons (Fsp3) is 0.643. The third kappa shape index (κ3) is 3.02. The Labute approximate surface area is 143 Å². The van der Waals surface area contributed by atoms with Gasteiger partial charge >= 0.3 is 11.9 Å². The Morgan fingerprint density at radius 2 is 1.96 bits per heavy atom. The molecular formula is C14H16O10S. The van der Waals surface area contributed by atoms with Gasteiger partial charge in [0.15, 0.2) is 18.0 Å². The van der Waals surface area contributed by atoms with Gasteiger partial charge in [-0.2, -0.15) is 8.42 Å². The minimum absolute atomic E-state index is 0.108. The predicted octanol–water partition coefficient (Wildman–Crippen LogP) is -1.32. The summed E-state index contributed by atoms with van der Waals surface area (Å²) in [6, 6.07) is 0. The molecule has 6 atom stereocenters. The van der Waals surface area contributed by atoms with E-state index in [1.54, 1.807) is 0 Å². The van der Waals surface area contributed by atoms with Crippen molar-refractivity contribution in [3.63, 3.8) is 0 Å². The molecule has 0 spiro atoms. The average Bonchev–Trinajstić information content (AvgIpc) is 3.12. The second kappa shape index (κ2) is 6.39. The van der Waals surface area contributed by atoms with Crippen LogP contribution in [0.1, 0.15) is 6.92 Å². The summed E-state index contributed by atoms with van der Waals surface area (Å²) in [4.78, 5) is 33.6. The highest BCUT2D eigenvalue weighted by Gasteiger charge is 2.72. The van der Waals surface area contributed by atoms with Crippen LogP contribution in [0, 0.1) is 5.92 Å². The maximum absolute atomic E-state index is 12.1. The number of hydrogen-bond donors (Lipinski definition) is 0. The number of hydrogen-bond acceptors (Lipinski definition) is 10. The molecule has 0 radical (unpaired) electrons. The van der Waals surface area contributed by atoms with Crippen molar-refractivity contribution in [1.82, 2.24) is 0 Å². The standard InChI is InChI=1S/C14H16O10S/c1-6(2)14(17)21-4-8(16)22-11-9-7(3-20-5-15)10-12(23-9)13(11)25(18,19)24-10/h5,7,9-13H,1,3-4H2,2H3. The first-order chi connectivity index (χ1) is 11.8. The molecule has 0 N–H and O–H groups in total. The minimum Gasteiger partial charge on any atom is -0.467 e. The maximum atomic E-state index is 12.1. The second-order valence-electron chi connectivity index (χ2n) is 5.99. The Morgan fingerprint density at radius 1 is 1.24 bits per heavy atom. The third-order valence-electron chi connectivity index (χ3n) is 4.33. The Balaban J connectivity index is 1.70. The number of esters is 2. The van der Waals surface area contributed by atoms with E-state index in [1.165, 1.54) is 6.92 Å². The molecule has 6 unspecified atom stereocenters. The third-order valence-corrected chi connectivity index (χ3v) is 6.02. The van der Waals surface area contributed by atoms with Crippen molar-refractivity contribution in [2.75, 3.05) is 13.2 Å². The number of fused-ring (bicyclic) bond motifs is 1. The molecule has 11 heteroatoms. The van der Waals surface area contributed by atoms with Gasteiger partial charge in [0.05, 0.1) is 12.5 Å². The molecule has 138 valence electrons. The molecular weight excluding hydrogens is 360 g/mol. The lowest BCUT2D eigenvalue weighted by Crippen LogP contribution is -2.49. The van der Waals surface area contributed by atoms with Crippen LogP contribution in [-0.4, -0.2) is 69.7 Å². The van der Waals surface area contributed by atoms with Gasteiger partial charge in [-0.05, 0) is 6.92 Å². The molecule has 3 fully saturated rings. The lowest BCUT2D eigenvalue weighted by Gasteiger charge is -2.27. The fourth-order valence-corrected chi connectivity index (χ4v) is 5.11. The molecule has 0 aromatic heterocycles. The molecule has 0 saturated carbocycles. The van der Waals surface area contributed by atoms with Gasteiger partial charge in [0.1, 0.15) is 18.3 Å². The first-order valence-corrected chi connectivity index (χ1v) is 8.88. The van der Waals surface area contributed by atoms with Gasteiger partial charge in [0.2, 0.25) is 0 Å². The van der Waals surface area contributed by atoms with Gasteiger partial charge in [-0.25, -0.2) is 9.59 Å². The van der Waals surface area contributed by atoms with Crippen LogP contribution < -0.4 is 0 Å². The van der Waals surface area contributed by atoms with Crippen molar-refractivity contribution >= 4 is 28.5 Å². The quantitative estimate of drug-likeness (QED) is 0.173. The lowest BCUT2D eigenvalue weighted by molar-refractivity contribution is -0.163. The van der Waals surface area contributed by atoms with E-state index in [0.717, 1.165) is 0 Å². The molecule has 0 aromatic rings. The summed E-state index contributed by atoms with van der Waals surface area (Å²) in [7, 11) is -4.00. The first-order valence-electron chi connectivity index (χ1n) is 7.41. The molecule has 3 aliphatic heterocycles. The van der Waals surface area contributed by atoms with Gasteiger partial charge in [-0.15, -0.1) is 0 Å². The van der Waals surface area contributed by atoms with E-state index in [1.807, 2.05) is 0 Å². The van der Waals surface area contributed by atoms with Crippen LogP contribution in [0.4, 0.5) is 0 Å². The summed E-state index contributed by atoms with van der Waals surface area (Å²) in [5, 5.41) is -1.16. The topological polar surface area (TPSA) is 132 Å². The Kier molecular flexibility index (Phi) is 4.56. The predicted molar refractivity (Wildman–Crippen MR) is 77.4 cm³/mol. The highest BCUT2D eigenvalue weighted by atomic mass is 32.2. The smallest absolute Gasteiger partial charge is 0.344 e. The molecule has 2 bridgehead atoms. The van der Waals surface area contributed by atoms with Crippen LogP contribution in [0.5, 0.6) is 0 Å². The van der Waals surface area contributed by atoms with Crippen molar-refractivity contribution in [3.8, 4) is 0 Å². The number of carbonyl (C=O) groups excluding carboxylic acids is 3. The van der Waals surface area contributed by atoms with E-state index in [0.29, 0.717) is 0 Å².